The molecule has 1 aromatic heterocycles. The van der Waals surface area contributed by atoms with Crippen LogP contribution in [0.15, 0.2) is 30.3 Å². The third-order valence-electron chi connectivity index (χ3n) is 2.46. The first-order chi connectivity index (χ1) is 8.60. The van der Waals surface area contributed by atoms with Gasteiger partial charge in [0, 0.05) is 11.6 Å². The Kier molecular flexibility index (Phi) is 3.18. The lowest BCUT2D eigenvalue weighted by molar-refractivity contribution is -0.137. The number of carboxylic acids is 1. The molecule has 18 heavy (non-hydrogen) atoms. The Hall–Kier alpha value is -2.50. The first kappa shape index (κ1) is 12.0. The van der Waals surface area contributed by atoms with Gasteiger partial charge in [-0.15, -0.1) is 0 Å². The Bertz CT molecular complexity index is 578. The Morgan fingerprint density at radius 3 is 2.94 bits per heavy atom. The maximum atomic E-state index is 10.6. The molecule has 0 radical (unpaired) electrons. The molecule has 0 saturated carbocycles. The van der Waals surface area contributed by atoms with Crippen molar-refractivity contribution >= 4 is 11.8 Å². The summed E-state index contributed by atoms with van der Waals surface area (Å²) in [5, 5.41) is 12.9. The van der Waals surface area contributed by atoms with E-state index < -0.39 is 5.97 Å². The molecule has 0 atom stereocenters. The van der Waals surface area contributed by atoms with Crippen molar-refractivity contribution < 1.29 is 14.6 Å². The molecule has 0 unspecified atom stereocenters. The van der Waals surface area contributed by atoms with Crippen molar-refractivity contribution in [3.63, 3.8) is 0 Å². The number of carbonyl (C=O) groups is 1. The van der Waals surface area contributed by atoms with E-state index in [2.05, 4.69) is 5.10 Å². The summed E-state index contributed by atoms with van der Waals surface area (Å²) in [4.78, 5) is 10.6. The quantitative estimate of drug-likeness (QED) is 0.847. The molecular formula is C12H13N3O3. The second-order valence-corrected chi connectivity index (χ2v) is 3.74. The Labute approximate surface area is 104 Å². The fraction of sp³-hybridized carbons (Fsp3) is 0.167. The van der Waals surface area contributed by atoms with Crippen LogP contribution in [0.25, 0.3) is 11.3 Å². The van der Waals surface area contributed by atoms with Gasteiger partial charge in [-0.1, -0.05) is 12.1 Å². The molecule has 3 N–H and O–H groups in total. The number of aliphatic carboxylic acids is 1. The number of benzene rings is 1. The highest BCUT2D eigenvalue weighted by atomic mass is 16.5. The van der Waals surface area contributed by atoms with E-state index in [9.17, 15) is 4.79 Å². The number of anilines is 1. The van der Waals surface area contributed by atoms with Crippen LogP contribution in [-0.2, 0) is 11.3 Å². The number of nitrogen functional groups attached to an aromatic ring is 1. The van der Waals surface area contributed by atoms with Gasteiger partial charge in [0.15, 0.2) is 0 Å². The molecule has 0 spiro atoms. The van der Waals surface area contributed by atoms with E-state index in [0.717, 1.165) is 5.56 Å². The molecule has 94 valence electrons. The van der Waals surface area contributed by atoms with Crippen molar-refractivity contribution in [2.45, 2.75) is 6.54 Å². The number of methoxy groups -OCH3 is 1. The highest BCUT2D eigenvalue weighted by Crippen LogP contribution is 2.24. The van der Waals surface area contributed by atoms with Crippen LogP contribution in [0.1, 0.15) is 0 Å². The molecule has 0 aliphatic carbocycles. The first-order valence-corrected chi connectivity index (χ1v) is 5.29. The van der Waals surface area contributed by atoms with Gasteiger partial charge >= 0.3 is 5.97 Å². The lowest BCUT2D eigenvalue weighted by Crippen LogP contribution is -2.12. The number of aromatic nitrogens is 2. The number of nitrogens with zero attached hydrogens (tertiary/aromatic N) is 2. The van der Waals surface area contributed by atoms with Gasteiger partial charge in [0.2, 0.25) is 0 Å². The van der Waals surface area contributed by atoms with E-state index in [0.29, 0.717) is 17.3 Å². The van der Waals surface area contributed by atoms with Crippen LogP contribution in [0.5, 0.6) is 5.75 Å². The van der Waals surface area contributed by atoms with Gasteiger partial charge in [-0.3, -0.25) is 4.79 Å². The SMILES string of the molecule is COc1cccc(-c2cc(N)n(CC(=O)O)n2)c1. The molecule has 0 amide bonds. The van der Waals surface area contributed by atoms with Gasteiger partial charge in [0.05, 0.1) is 12.8 Å². The molecule has 0 aliphatic heterocycles. The van der Waals surface area contributed by atoms with E-state index >= 15 is 0 Å². The zero-order chi connectivity index (χ0) is 13.1. The summed E-state index contributed by atoms with van der Waals surface area (Å²) in [7, 11) is 1.58. The predicted octanol–water partition coefficient (Wildman–Crippen LogP) is 1.23. The van der Waals surface area contributed by atoms with Crippen molar-refractivity contribution in [3.8, 4) is 17.0 Å². The highest BCUT2D eigenvalue weighted by molar-refractivity contribution is 5.69. The average Bonchev–Trinajstić information content (AvgIpc) is 2.70. The van der Waals surface area contributed by atoms with E-state index in [4.69, 9.17) is 15.6 Å². The monoisotopic (exact) mass is 247 g/mol. The van der Waals surface area contributed by atoms with Crippen molar-refractivity contribution in [1.29, 1.82) is 0 Å². The van der Waals surface area contributed by atoms with Crippen LogP contribution in [0.2, 0.25) is 0 Å². The van der Waals surface area contributed by atoms with Gasteiger partial charge in [0.25, 0.3) is 0 Å². The maximum Gasteiger partial charge on any atom is 0.325 e. The lowest BCUT2D eigenvalue weighted by atomic mass is 10.1. The zero-order valence-corrected chi connectivity index (χ0v) is 9.83. The summed E-state index contributed by atoms with van der Waals surface area (Å²) in [6, 6.07) is 8.96. The summed E-state index contributed by atoms with van der Waals surface area (Å²) < 4.78 is 6.37. The van der Waals surface area contributed by atoms with E-state index in [1.54, 1.807) is 13.2 Å². The Morgan fingerprint density at radius 1 is 1.50 bits per heavy atom. The molecule has 2 aromatic rings. The van der Waals surface area contributed by atoms with E-state index in [1.165, 1.54) is 4.68 Å². The van der Waals surface area contributed by atoms with Crippen LogP contribution < -0.4 is 10.5 Å². The van der Waals surface area contributed by atoms with Crippen molar-refractivity contribution in [1.82, 2.24) is 9.78 Å². The number of nitrogens with two attached hydrogens (primary N) is 1. The zero-order valence-electron chi connectivity index (χ0n) is 9.83. The molecule has 6 nitrogen and oxygen atoms in total. The van der Waals surface area contributed by atoms with Gasteiger partial charge in [0.1, 0.15) is 18.1 Å². The fourth-order valence-corrected chi connectivity index (χ4v) is 1.61. The summed E-state index contributed by atoms with van der Waals surface area (Å²) in [6.07, 6.45) is 0. The Balaban J connectivity index is 2.35. The molecule has 0 bridgehead atoms. The minimum atomic E-state index is -0.984. The van der Waals surface area contributed by atoms with Crippen LogP contribution in [-0.4, -0.2) is 28.0 Å². The van der Waals surface area contributed by atoms with E-state index in [-0.39, 0.29) is 6.54 Å². The lowest BCUT2D eigenvalue weighted by Gasteiger charge is -2.01. The van der Waals surface area contributed by atoms with Crippen molar-refractivity contribution in [2.75, 3.05) is 12.8 Å². The average molecular weight is 247 g/mol. The van der Waals surface area contributed by atoms with Gasteiger partial charge in [-0.2, -0.15) is 5.10 Å². The number of rotatable bonds is 4. The van der Waals surface area contributed by atoms with Crippen LogP contribution in [0.3, 0.4) is 0 Å². The smallest absolute Gasteiger partial charge is 0.325 e. The van der Waals surface area contributed by atoms with Crippen LogP contribution >= 0.6 is 0 Å². The number of hydrogen-bond donors (Lipinski definition) is 2. The summed E-state index contributed by atoms with van der Waals surface area (Å²) in [5.74, 6) is 0.0380. The highest BCUT2D eigenvalue weighted by Gasteiger charge is 2.10. The van der Waals surface area contributed by atoms with Crippen molar-refractivity contribution in [2.24, 2.45) is 0 Å². The van der Waals surface area contributed by atoms with E-state index in [1.807, 2.05) is 24.3 Å². The molecule has 0 saturated heterocycles. The topological polar surface area (TPSA) is 90.4 Å². The summed E-state index contributed by atoms with van der Waals surface area (Å²) in [6.45, 7) is -0.254. The van der Waals surface area contributed by atoms with Crippen molar-refractivity contribution in [3.05, 3.63) is 30.3 Å². The molecule has 0 aliphatic rings. The summed E-state index contributed by atoms with van der Waals surface area (Å²) in [5.41, 5.74) is 7.15. The second-order valence-electron chi connectivity index (χ2n) is 3.74. The largest absolute Gasteiger partial charge is 0.497 e. The van der Waals surface area contributed by atoms with Crippen LogP contribution in [0, 0.1) is 0 Å². The molecule has 0 fully saturated rings. The number of ether oxygens (including phenoxy) is 1. The number of carboxylic acid groups (broad SMARTS) is 1. The summed E-state index contributed by atoms with van der Waals surface area (Å²) >= 11 is 0. The second kappa shape index (κ2) is 4.79. The minimum Gasteiger partial charge on any atom is -0.497 e. The number of hydrogen-bond acceptors (Lipinski definition) is 4. The molecule has 1 heterocycles. The predicted molar refractivity (Wildman–Crippen MR) is 66.3 cm³/mol. The third kappa shape index (κ3) is 2.42. The normalized spacial score (nSPS) is 10.3. The first-order valence-electron chi connectivity index (χ1n) is 5.29. The Morgan fingerprint density at radius 2 is 2.28 bits per heavy atom. The molecule has 6 heteroatoms. The maximum absolute atomic E-state index is 10.6. The van der Waals surface area contributed by atoms with Crippen LogP contribution in [0.4, 0.5) is 5.82 Å². The van der Waals surface area contributed by atoms with Gasteiger partial charge in [-0.25, -0.2) is 4.68 Å². The third-order valence-corrected chi connectivity index (χ3v) is 2.46. The molecular weight excluding hydrogens is 234 g/mol. The minimum absolute atomic E-state index is 0.254. The standard InChI is InChI=1S/C12H13N3O3/c1-18-9-4-2-3-8(5-9)10-6-11(13)15(14-10)7-12(16)17/h2-6H,7,13H2,1H3,(H,16,17). The van der Waals surface area contributed by atoms with Gasteiger partial charge < -0.3 is 15.6 Å². The fourth-order valence-electron chi connectivity index (χ4n) is 1.61. The molecule has 1 aromatic carbocycles. The van der Waals surface area contributed by atoms with Gasteiger partial charge in [-0.05, 0) is 12.1 Å². The molecule has 2 rings (SSSR count).